The highest BCUT2D eigenvalue weighted by Crippen LogP contribution is 2.48. The van der Waals surface area contributed by atoms with Crippen LogP contribution >= 0.6 is 0 Å². The van der Waals surface area contributed by atoms with Crippen molar-refractivity contribution in [2.45, 2.75) is 38.7 Å². The molecule has 4 nitrogen and oxygen atoms in total. The minimum atomic E-state index is -0.720. The molecule has 14 heavy (non-hydrogen) atoms. The summed E-state index contributed by atoms with van der Waals surface area (Å²) in [4.78, 5) is 0. The molecule has 1 fully saturated rings. The van der Waals surface area contributed by atoms with Crippen LogP contribution in [0.1, 0.15) is 38.8 Å². The monoisotopic (exact) mass is 195 g/mol. The summed E-state index contributed by atoms with van der Waals surface area (Å²) in [6, 6.07) is 0. The van der Waals surface area contributed by atoms with E-state index in [1.165, 1.54) is 0 Å². The molecule has 0 radical (unpaired) electrons. The number of hydrogen-bond acceptors (Lipinski definition) is 3. The Hall–Kier alpha value is -0.900. The average Bonchev–Trinajstić information content (AvgIpc) is 2.57. The van der Waals surface area contributed by atoms with Crippen LogP contribution in [0.15, 0.2) is 6.20 Å². The molecule has 1 aliphatic rings. The zero-order valence-electron chi connectivity index (χ0n) is 8.99. The molecule has 1 aromatic rings. The van der Waals surface area contributed by atoms with Crippen molar-refractivity contribution >= 4 is 0 Å². The van der Waals surface area contributed by atoms with Gasteiger partial charge in [-0.25, -0.2) is 4.68 Å². The molecule has 1 aromatic heterocycles. The summed E-state index contributed by atoms with van der Waals surface area (Å²) in [7, 11) is 1.83. The van der Waals surface area contributed by atoms with E-state index in [1.54, 1.807) is 10.9 Å². The van der Waals surface area contributed by atoms with Crippen molar-refractivity contribution in [3.05, 3.63) is 11.9 Å². The van der Waals surface area contributed by atoms with E-state index >= 15 is 0 Å². The predicted octanol–water partition coefficient (Wildman–Crippen LogP) is 1.21. The quantitative estimate of drug-likeness (QED) is 0.733. The molecular weight excluding hydrogens is 178 g/mol. The van der Waals surface area contributed by atoms with Crippen LogP contribution in [-0.4, -0.2) is 20.1 Å². The molecule has 0 aliphatic heterocycles. The Morgan fingerprint density at radius 1 is 1.43 bits per heavy atom. The van der Waals surface area contributed by atoms with Crippen LogP contribution in [0.2, 0.25) is 0 Å². The van der Waals surface area contributed by atoms with Crippen LogP contribution in [0.3, 0.4) is 0 Å². The number of aryl methyl sites for hydroxylation is 1. The molecule has 0 spiro atoms. The molecule has 78 valence electrons. The highest BCUT2D eigenvalue weighted by molar-refractivity contribution is 5.12. The van der Waals surface area contributed by atoms with Gasteiger partial charge in [-0.3, -0.25) is 0 Å². The van der Waals surface area contributed by atoms with Crippen LogP contribution in [0, 0.1) is 5.41 Å². The third-order valence-corrected chi connectivity index (χ3v) is 3.18. The Kier molecular flexibility index (Phi) is 1.93. The second-order valence-corrected chi connectivity index (χ2v) is 5.12. The Labute approximate surface area is 83.9 Å². The van der Waals surface area contributed by atoms with Crippen molar-refractivity contribution in [2.24, 2.45) is 12.5 Å². The van der Waals surface area contributed by atoms with Gasteiger partial charge in [0.25, 0.3) is 0 Å². The minimum absolute atomic E-state index is 0.221. The molecule has 0 saturated heterocycles. The van der Waals surface area contributed by atoms with Crippen LogP contribution < -0.4 is 0 Å². The lowest BCUT2D eigenvalue weighted by Gasteiger charge is -2.24. The van der Waals surface area contributed by atoms with E-state index in [9.17, 15) is 5.11 Å². The average molecular weight is 195 g/mol. The zero-order chi connectivity index (χ0) is 10.4. The fraction of sp³-hybridized carbons (Fsp3) is 0.800. The molecule has 0 aromatic carbocycles. The summed E-state index contributed by atoms with van der Waals surface area (Å²) in [5, 5.41) is 18.1. The highest BCUT2D eigenvalue weighted by Gasteiger charge is 2.44. The fourth-order valence-electron chi connectivity index (χ4n) is 2.44. The van der Waals surface area contributed by atoms with Gasteiger partial charge in [0.1, 0.15) is 5.60 Å². The largest absolute Gasteiger partial charge is 0.383 e. The third-order valence-electron chi connectivity index (χ3n) is 3.18. The van der Waals surface area contributed by atoms with Gasteiger partial charge in [0.05, 0.1) is 11.9 Å². The Balaban J connectivity index is 2.32. The summed E-state index contributed by atoms with van der Waals surface area (Å²) in [5.74, 6) is 0. The Bertz CT molecular complexity index is 345. The third kappa shape index (κ3) is 1.43. The first-order chi connectivity index (χ1) is 6.43. The molecule has 4 heteroatoms. The number of aromatic nitrogens is 3. The van der Waals surface area contributed by atoms with Gasteiger partial charge in [0, 0.05) is 7.05 Å². The van der Waals surface area contributed by atoms with E-state index < -0.39 is 5.60 Å². The van der Waals surface area contributed by atoms with Crippen molar-refractivity contribution in [3.63, 3.8) is 0 Å². The van der Waals surface area contributed by atoms with Gasteiger partial charge >= 0.3 is 0 Å². The van der Waals surface area contributed by atoms with Crippen LogP contribution in [0.5, 0.6) is 0 Å². The maximum atomic E-state index is 10.5. The van der Waals surface area contributed by atoms with Crippen molar-refractivity contribution in [2.75, 3.05) is 0 Å². The molecular formula is C10H17N3O. The maximum absolute atomic E-state index is 10.5. The molecule has 2 rings (SSSR count). The van der Waals surface area contributed by atoms with E-state index in [0.717, 1.165) is 25.0 Å². The van der Waals surface area contributed by atoms with Crippen LogP contribution in [0.25, 0.3) is 0 Å². The van der Waals surface area contributed by atoms with Crippen LogP contribution in [-0.2, 0) is 12.6 Å². The second-order valence-electron chi connectivity index (χ2n) is 5.12. The van der Waals surface area contributed by atoms with Gasteiger partial charge < -0.3 is 5.11 Å². The van der Waals surface area contributed by atoms with E-state index in [1.807, 2.05) is 7.05 Å². The second kappa shape index (κ2) is 2.79. The first-order valence-electron chi connectivity index (χ1n) is 5.01. The number of rotatable bonds is 1. The lowest BCUT2D eigenvalue weighted by atomic mass is 9.88. The first-order valence-corrected chi connectivity index (χ1v) is 5.01. The van der Waals surface area contributed by atoms with Crippen molar-refractivity contribution in [1.82, 2.24) is 15.0 Å². The van der Waals surface area contributed by atoms with Gasteiger partial charge in [0.2, 0.25) is 0 Å². The van der Waals surface area contributed by atoms with Gasteiger partial charge in [-0.15, -0.1) is 5.10 Å². The summed E-state index contributed by atoms with van der Waals surface area (Å²) in [5.41, 5.74) is 0.337. The maximum Gasteiger partial charge on any atom is 0.108 e. The summed E-state index contributed by atoms with van der Waals surface area (Å²) >= 11 is 0. The normalized spacial score (nSPS) is 30.9. The first kappa shape index (κ1) is 9.65. The lowest BCUT2D eigenvalue weighted by Crippen LogP contribution is -2.26. The van der Waals surface area contributed by atoms with E-state index in [4.69, 9.17) is 0 Å². The topological polar surface area (TPSA) is 50.9 Å². The molecule has 1 atom stereocenters. The molecule has 0 bridgehead atoms. The SMILES string of the molecule is Cn1nncc1C1(O)CCC(C)(C)C1. The summed E-state index contributed by atoms with van der Waals surface area (Å²) < 4.78 is 1.67. The number of aliphatic hydroxyl groups is 1. The molecule has 1 aliphatic carbocycles. The molecule has 1 unspecified atom stereocenters. The number of nitrogens with zero attached hydrogens (tertiary/aromatic N) is 3. The predicted molar refractivity (Wildman–Crippen MR) is 52.5 cm³/mol. The van der Waals surface area contributed by atoms with Gasteiger partial charge in [-0.1, -0.05) is 19.1 Å². The Morgan fingerprint density at radius 3 is 2.57 bits per heavy atom. The van der Waals surface area contributed by atoms with Gasteiger partial charge in [0.15, 0.2) is 0 Å². The molecule has 0 amide bonds. The van der Waals surface area contributed by atoms with E-state index in [-0.39, 0.29) is 5.41 Å². The van der Waals surface area contributed by atoms with Crippen molar-refractivity contribution < 1.29 is 5.11 Å². The van der Waals surface area contributed by atoms with Crippen molar-refractivity contribution in [1.29, 1.82) is 0 Å². The fourth-order valence-corrected chi connectivity index (χ4v) is 2.44. The smallest absolute Gasteiger partial charge is 0.108 e. The van der Waals surface area contributed by atoms with Crippen LogP contribution in [0.4, 0.5) is 0 Å². The summed E-state index contributed by atoms with van der Waals surface area (Å²) in [6.45, 7) is 4.38. The van der Waals surface area contributed by atoms with Gasteiger partial charge in [-0.05, 0) is 24.7 Å². The summed E-state index contributed by atoms with van der Waals surface area (Å²) in [6.07, 6.45) is 4.32. The number of hydrogen-bond donors (Lipinski definition) is 1. The molecule has 1 heterocycles. The van der Waals surface area contributed by atoms with E-state index in [0.29, 0.717) is 0 Å². The standard InChI is InChI=1S/C10H17N3O/c1-9(2)4-5-10(14,7-9)8-6-11-12-13(8)3/h6,14H,4-5,7H2,1-3H3. The lowest BCUT2D eigenvalue weighted by molar-refractivity contribution is 0.0258. The molecule has 1 N–H and O–H groups in total. The highest BCUT2D eigenvalue weighted by atomic mass is 16.3. The van der Waals surface area contributed by atoms with Crippen molar-refractivity contribution in [3.8, 4) is 0 Å². The van der Waals surface area contributed by atoms with Gasteiger partial charge in [-0.2, -0.15) is 0 Å². The minimum Gasteiger partial charge on any atom is -0.383 e. The molecule has 1 saturated carbocycles. The van der Waals surface area contributed by atoms with E-state index in [2.05, 4.69) is 24.2 Å². The zero-order valence-corrected chi connectivity index (χ0v) is 8.99. The Morgan fingerprint density at radius 2 is 2.14 bits per heavy atom.